The Kier molecular flexibility index (Phi) is 4.08. The second-order valence-electron chi connectivity index (χ2n) is 5.03. The fraction of sp³-hybridized carbons (Fsp3) is 0.333. The van der Waals surface area contributed by atoms with Crippen LogP contribution in [0.4, 0.5) is 10.5 Å². The number of carboxylic acid groups (broad SMARTS) is 1. The molecule has 1 aromatic rings. The summed E-state index contributed by atoms with van der Waals surface area (Å²) in [5.41, 5.74) is 2.49. The first-order chi connectivity index (χ1) is 9.50. The van der Waals surface area contributed by atoms with Crippen molar-refractivity contribution < 1.29 is 14.7 Å². The molecule has 1 aromatic carbocycles. The molecule has 1 heterocycles. The van der Waals surface area contributed by atoms with Gasteiger partial charge >= 0.3 is 12.0 Å². The summed E-state index contributed by atoms with van der Waals surface area (Å²) >= 11 is 0. The maximum absolute atomic E-state index is 12.2. The Morgan fingerprint density at radius 1 is 1.40 bits per heavy atom. The Bertz CT molecular complexity index is 562. The summed E-state index contributed by atoms with van der Waals surface area (Å²) < 4.78 is 0. The smallest absolute Gasteiger partial charge is 0.322 e. The van der Waals surface area contributed by atoms with Crippen molar-refractivity contribution in [3.63, 3.8) is 0 Å². The molecule has 1 aliphatic heterocycles. The largest absolute Gasteiger partial charge is 0.481 e. The molecule has 0 aromatic heterocycles. The molecule has 1 aliphatic rings. The molecule has 1 atom stereocenters. The van der Waals surface area contributed by atoms with Gasteiger partial charge in [0.05, 0.1) is 0 Å². The number of nitrogens with zero attached hydrogens (tertiary/aromatic N) is 1. The minimum atomic E-state index is -0.906. The standard InChI is InChI=1S/C15H18N2O3/c1-10(2)7-8-16-15(20)17-9-12(14(18)19)11-5-3-4-6-13(11)17/h3-7,12H,8-9H2,1-2H3,(H,16,20)(H,18,19). The number of nitrogens with one attached hydrogen (secondary N) is 1. The number of fused-ring (bicyclic) bond motifs is 1. The van der Waals surface area contributed by atoms with E-state index >= 15 is 0 Å². The highest BCUT2D eigenvalue weighted by atomic mass is 16.4. The van der Waals surface area contributed by atoms with Crippen LogP contribution in [0, 0.1) is 0 Å². The van der Waals surface area contributed by atoms with Gasteiger partial charge in [-0.25, -0.2) is 4.79 Å². The van der Waals surface area contributed by atoms with Gasteiger partial charge < -0.3 is 10.4 Å². The normalized spacial score (nSPS) is 16.5. The first-order valence-corrected chi connectivity index (χ1v) is 6.51. The fourth-order valence-electron chi connectivity index (χ4n) is 2.25. The van der Waals surface area contributed by atoms with Gasteiger partial charge in [0.25, 0.3) is 0 Å². The monoisotopic (exact) mass is 274 g/mol. The quantitative estimate of drug-likeness (QED) is 0.831. The number of para-hydroxylation sites is 1. The summed E-state index contributed by atoms with van der Waals surface area (Å²) in [6.45, 7) is 4.53. The van der Waals surface area contributed by atoms with Gasteiger partial charge in [-0.3, -0.25) is 9.69 Å². The van der Waals surface area contributed by atoms with Crippen molar-refractivity contribution in [1.29, 1.82) is 0 Å². The molecular formula is C15H18N2O3. The van der Waals surface area contributed by atoms with E-state index in [1.165, 1.54) is 4.90 Å². The zero-order valence-corrected chi connectivity index (χ0v) is 11.6. The Labute approximate surface area is 117 Å². The molecule has 0 fully saturated rings. The molecule has 2 rings (SSSR count). The highest BCUT2D eigenvalue weighted by molar-refractivity contribution is 5.98. The number of urea groups is 1. The van der Waals surface area contributed by atoms with Crippen LogP contribution in [0.25, 0.3) is 0 Å². The number of aliphatic carboxylic acids is 1. The van der Waals surface area contributed by atoms with Crippen molar-refractivity contribution >= 4 is 17.7 Å². The number of rotatable bonds is 3. The Morgan fingerprint density at radius 2 is 2.10 bits per heavy atom. The van der Waals surface area contributed by atoms with E-state index < -0.39 is 11.9 Å². The van der Waals surface area contributed by atoms with Gasteiger partial charge in [-0.1, -0.05) is 29.8 Å². The lowest BCUT2D eigenvalue weighted by molar-refractivity contribution is -0.138. The number of carbonyl (C=O) groups excluding carboxylic acids is 1. The van der Waals surface area contributed by atoms with Gasteiger partial charge in [0, 0.05) is 18.8 Å². The zero-order chi connectivity index (χ0) is 14.7. The number of benzene rings is 1. The maximum atomic E-state index is 12.2. The third-order valence-corrected chi connectivity index (χ3v) is 3.27. The molecule has 5 heteroatoms. The average molecular weight is 274 g/mol. The summed E-state index contributed by atoms with van der Waals surface area (Å²) in [5.74, 6) is -1.56. The molecule has 0 aliphatic carbocycles. The van der Waals surface area contributed by atoms with Gasteiger partial charge in [-0.05, 0) is 25.5 Å². The predicted molar refractivity (Wildman–Crippen MR) is 77.0 cm³/mol. The van der Waals surface area contributed by atoms with Gasteiger partial charge in [0.15, 0.2) is 0 Å². The van der Waals surface area contributed by atoms with E-state index in [2.05, 4.69) is 5.32 Å². The van der Waals surface area contributed by atoms with Crippen LogP contribution >= 0.6 is 0 Å². The Hall–Kier alpha value is -2.30. The second kappa shape index (κ2) is 5.77. The summed E-state index contributed by atoms with van der Waals surface area (Å²) in [6, 6.07) is 6.87. The van der Waals surface area contributed by atoms with Crippen LogP contribution in [0.15, 0.2) is 35.9 Å². The van der Waals surface area contributed by atoms with Crippen LogP contribution < -0.4 is 10.2 Å². The number of hydrogen-bond acceptors (Lipinski definition) is 2. The third kappa shape index (κ3) is 2.82. The molecule has 0 bridgehead atoms. The van der Waals surface area contributed by atoms with Gasteiger partial charge in [-0.2, -0.15) is 0 Å². The fourth-order valence-corrected chi connectivity index (χ4v) is 2.25. The summed E-state index contributed by atoms with van der Waals surface area (Å²) in [5, 5.41) is 12.0. The second-order valence-corrected chi connectivity index (χ2v) is 5.03. The molecule has 20 heavy (non-hydrogen) atoms. The van der Waals surface area contributed by atoms with E-state index in [1.807, 2.05) is 19.9 Å². The van der Waals surface area contributed by atoms with Crippen molar-refractivity contribution in [2.45, 2.75) is 19.8 Å². The highest BCUT2D eigenvalue weighted by Gasteiger charge is 2.36. The average Bonchev–Trinajstić information content (AvgIpc) is 2.78. The van der Waals surface area contributed by atoms with Crippen molar-refractivity contribution in [1.82, 2.24) is 5.32 Å². The molecular weight excluding hydrogens is 256 g/mol. The van der Waals surface area contributed by atoms with Crippen molar-refractivity contribution in [3.8, 4) is 0 Å². The number of hydrogen-bond donors (Lipinski definition) is 2. The van der Waals surface area contributed by atoms with E-state index in [1.54, 1.807) is 24.3 Å². The molecule has 106 valence electrons. The molecule has 0 radical (unpaired) electrons. The number of amides is 2. The number of carbonyl (C=O) groups is 2. The zero-order valence-electron chi connectivity index (χ0n) is 11.6. The van der Waals surface area contributed by atoms with E-state index in [-0.39, 0.29) is 12.6 Å². The first kappa shape index (κ1) is 14.1. The topological polar surface area (TPSA) is 69.6 Å². The minimum absolute atomic E-state index is 0.176. The molecule has 0 saturated heterocycles. The third-order valence-electron chi connectivity index (χ3n) is 3.27. The van der Waals surface area contributed by atoms with E-state index in [4.69, 9.17) is 0 Å². The maximum Gasteiger partial charge on any atom is 0.322 e. The van der Waals surface area contributed by atoms with E-state index in [0.29, 0.717) is 17.8 Å². The van der Waals surface area contributed by atoms with Crippen LogP contribution in [0.2, 0.25) is 0 Å². The summed E-state index contributed by atoms with van der Waals surface area (Å²) in [4.78, 5) is 24.9. The van der Waals surface area contributed by atoms with Gasteiger partial charge in [-0.15, -0.1) is 0 Å². The predicted octanol–water partition coefficient (Wildman–Crippen LogP) is 2.35. The van der Waals surface area contributed by atoms with E-state index in [9.17, 15) is 14.7 Å². The molecule has 2 N–H and O–H groups in total. The SMILES string of the molecule is CC(C)=CCNC(=O)N1CC(C(=O)O)c2ccccc21. The molecule has 1 unspecified atom stereocenters. The number of anilines is 1. The lowest BCUT2D eigenvalue weighted by atomic mass is 10.0. The van der Waals surface area contributed by atoms with Gasteiger partial charge in [0.1, 0.15) is 5.92 Å². The number of allylic oxidation sites excluding steroid dienone is 1. The Balaban J connectivity index is 2.16. The summed E-state index contributed by atoms with van der Waals surface area (Å²) in [7, 11) is 0. The van der Waals surface area contributed by atoms with Crippen molar-refractivity contribution in [3.05, 3.63) is 41.5 Å². The van der Waals surface area contributed by atoms with Crippen LogP contribution in [0.1, 0.15) is 25.3 Å². The van der Waals surface area contributed by atoms with Crippen LogP contribution in [0.3, 0.4) is 0 Å². The Morgan fingerprint density at radius 3 is 2.75 bits per heavy atom. The lowest BCUT2D eigenvalue weighted by Crippen LogP contribution is -2.40. The molecule has 0 spiro atoms. The van der Waals surface area contributed by atoms with Crippen LogP contribution in [0.5, 0.6) is 0 Å². The van der Waals surface area contributed by atoms with Gasteiger partial charge in [0.2, 0.25) is 0 Å². The summed E-state index contributed by atoms with van der Waals surface area (Å²) in [6.07, 6.45) is 1.91. The molecule has 5 nitrogen and oxygen atoms in total. The molecule has 2 amide bonds. The van der Waals surface area contributed by atoms with Crippen LogP contribution in [-0.4, -0.2) is 30.2 Å². The first-order valence-electron chi connectivity index (χ1n) is 6.51. The van der Waals surface area contributed by atoms with E-state index in [0.717, 1.165) is 5.57 Å². The lowest BCUT2D eigenvalue weighted by Gasteiger charge is -2.17. The van der Waals surface area contributed by atoms with Crippen LogP contribution in [-0.2, 0) is 4.79 Å². The minimum Gasteiger partial charge on any atom is -0.481 e. The van der Waals surface area contributed by atoms with Crippen molar-refractivity contribution in [2.75, 3.05) is 18.0 Å². The van der Waals surface area contributed by atoms with Crippen molar-refractivity contribution in [2.24, 2.45) is 0 Å². The molecule has 0 saturated carbocycles. The highest BCUT2D eigenvalue weighted by Crippen LogP contribution is 2.36. The number of carboxylic acids is 1.